The predicted molar refractivity (Wildman–Crippen MR) is 71.6 cm³/mol. The lowest BCUT2D eigenvalue weighted by atomic mass is 9.99. The number of halogens is 1. The van der Waals surface area contributed by atoms with Crippen molar-refractivity contribution in [2.75, 3.05) is 26.2 Å². The van der Waals surface area contributed by atoms with E-state index >= 15 is 0 Å². The molecule has 1 amide bonds. The minimum atomic E-state index is 0. The monoisotopic (exact) mass is 264 g/mol. The first-order valence-corrected chi connectivity index (χ1v) is 6.30. The van der Waals surface area contributed by atoms with Crippen LogP contribution in [0.1, 0.15) is 33.1 Å². The summed E-state index contributed by atoms with van der Waals surface area (Å²) in [6.45, 7) is 7.36. The Morgan fingerprint density at radius 2 is 2.29 bits per heavy atom. The van der Waals surface area contributed by atoms with E-state index in [0.717, 1.165) is 45.5 Å². The third kappa shape index (κ3) is 7.58. The first-order chi connectivity index (χ1) is 7.70. The van der Waals surface area contributed by atoms with Crippen LogP contribution in [-0.4, -0.2) is 38.3 Å². The van der Waals surface area contributed by atoms with E-state index in [2.05, 4.69) is 10.6 Å². The van der Waals surface area contributed by atoms with Crippen molar-refractivity contribution in [2.24, 2.45) is 5.92 Å². The number of nitrogens with one attached hydrogen (secondary N) is 2. The highest BCUT2D eigenvalue weighted by Gasteiger charge is 2.19. The van der Waals surface area contributed by atoms with Gasteiger partial charge in [-0.1, -0.05) is 0 Å². The Labute approximate surface area is 110 Å². The van der Waals surface area contributed by atoms with Crippen LogP contribution in [0.4, 0.5) is 0 Å². The molecule has 0 radical (unpaired) electrons. The molecule has 1 saturated heterocycles. The van der Waals surface area contributed by atoms with Crippen molar-refractivity contribution in [1.29, 1.82) is 0 Å². The Balaban J connectivity index is 0.00000256. The van der Waals surface area contributed by atoms with Crippen molar-refractivity contribution >= 4 is 18.3 Å². The van der Waals surface area contributed by atoms with Gasteiger partial charge in [0.1, 0.15) is 0 Å². The number of amides is 1. The molecule has 1 aliphatic rings. The fraction of sp³-hybridized carbons (Fsp3) is 0.917. The van der Waals surface area contributed by atoms with Gasteiger partial charge in [-0.2, -0.15) is 0 Å². The Morgan fingerprint density at radius 3 is 2.88 bits per heavy atom. The van der Waals surface area contributed by atoms with E-state index < -0.39 is 0 Å². The molecule has 0 aliphatic carbocycles. The van der Waals surface area contributed by atoms with Crippen molar-refractivity contribution in [3.8, 4) is 0 Å². The molecule has 0 saturated carbocycles. The van der Waals surface area contributed by atoms with Crippen LogP contribution in [-0.2, 0) is 9.53 Å². The number of carbonyl (C=O) groups excluding carboxylic acids is 1. The van der Waals surface area contributed by atoms with Crippen molar-refractivity contribution in [2.45, 2.75) is 39.2 Å². The molecule has 5 heteroatoms. The van der Waals surface area contributed by atoms with Crippen molar-refractivity contribution in [1.82, 2.24) is 10.6 Å². The van der Waals surface area contributed by atoms with Gasteiger partial charge >= 0.3 is 0 Å². The molecule has 1 aliphatic heterocycles. The van der Waals surface area contributed by atoms with Gasteiger partial charge in [-0.05, 0) is 39.7 Å². The van der Waals surface area contributed by atoms with Gasteiger partial charge in [0.15, 0.2) is 0 Å². The molecule has 0 bridgehead atoms. The normalized spacial score (nSPS) is 19.8. The zero-order valence-corrected chi connectivity index (χ0v) is 11.6. The highest BCUT2D eigenvalue weighted by molar-refractivity contribution is 5.85. The smallest absolute Gasteiger partial charge is 0.224 e. The molecular formula is C12H25ClN2O2. The van der Waals surface area contributed by atoms with E-state index in [0.29, 0.717) is 0 Å². The summed E-state index contributed by atoms with van der Waals surface area (Å²) < 4.78 is 5.41. The molecule has 102 valence electrons. The van der Waals surface area contributed by atoms with Crippen LogP contribution in [0.2, 0.25) is 0 Å². The summed E-state index contributed by atoms with van der Waals surface area (Å²) in [5.74, 6) is 0.358. The Morgan fingerprint density at radius 1 is 1.53 bits per heavy atom. The van der Waals surface area contributed by atoms with Gasteiger partial charge in [0.25, 0.3) is 0 Å². The maximum Gasteiger partial charge on any atom is 0.224 e. The van der Waals surface area contributed by atoms with Gasteiger partial charge in [-0.25, -0.2) is 0 Å². The largest absolute Gasteiger partial charge is 0.379 e. The quantitative estimate of drug-likeness (QED) is 0.712. The summed E-state index contributed by atoms with van der Waals surface area (Å²) in [4.78, 5) is 11.7. The van der Waals surface area contributed by atoms with Gasteiger partial charge < -0.3 is 15.4 Å². The predicted octanol–water partition coefficient (Wildman–Crippen LogP) is 1.34. The zero-order valence-electron chi connectivity index (χ0n) is 10.8. The Bertz CT molecular complexity index is 207. The van der Waals surface area contributed by atoms with Crippen LogP contribution in [0.5, 0.6) is 0 Å². The number of piperidine rings is 1. The number of ether oxygens (including phenoxy) is 1. The van der Waals surface area contributed by atoms with Gasteiger partial charge in [-0.3, -0.25) is 4.79 Å². The van der Waals surface area contributed by atoms with Gasteiger partial charge in [-0.15, -0.1) is 12.4 Å². The van der Waals surface area contributed by atoms with E-state index in [-0.39, 0.29) is 30.3 Å². The molecule has 1 fully saturated rings. The maximum absolute atomic E-state index is 11.7. The minimum Gasteiger partial charge on any atom is -0.379 e. The molecule has 1 unspecified atom stereocenters. The SMILES string of the molecule is CC(C)OCCCNC(=O)C1CCCNC1.Cl. The lowest BCUT2D eigenvalue weighted by molar-refractivity contribution is -0.125. The first-order valence-electron chi connectivity index (χ1n) is 6.30. The second-order valence-electron chi connectivity index (χ2n) is 4.61. The number of carbonyl (C=O) groups is 1. The van der Waals surface area contributed by atoms with Crippen molar-refractivity contribution in [3.05, 3.63) is 0 Å². The maximum atomic E-state index is 11.7. The molecular weight excluding hydrogens is 240 g/mol. The van der Waals surface area contributed by atoms with Crippen LogP contribution in [0, 0.1) is 5.92 Å². The molecule has 1 atom stereocenters. The topological polar surface area (TPSA) is 50.4 Å². The number of hydrogen-bond donors (Lipinski definition) is 2. The van der Waals surface area contributed by atoms with Crippen LogP contribution >= 0.6 is 12.4 Å². The summed E-state index contributed by atoms with van der Waals surface area (Å²) in [6, 6.07) is 0. The molecule has 1 rings (SSSR count). The number of rotatable bonds is 6. The molecule has 17 heavy (non-hydrogen) atoms. The fourth-order valence-corrected chi connectivity index (χ4v) is 1.82. The Kier molecular flexibility index (Phi) is 9.50. The van der Waals surface area contributed by atoms with Crippen LogP contribution in [0.15, 0.2) is 0 Å². The second kappa shape index (κ2) is 9.68. The average molecular weight is 265 g/mol. The molecule has 0 aromatic heterocycles. The fourth-order valence-electron chi connectivity index (χ4n) is 1.82. The highest BCUT2D eigenvalue weighted by atomic mass is 35.5. The number of hydrogen-bond acceptors (Lipinski definition) is 3. The van der Waals surface area contributed by atoms with Crippen molar-refractivity contribution in [3.63, 3.8) is 0 Å². The average Bonchev–Trinajstić information content (AvgIpc) is 2.29. The van der Waals surface area contributed by atoms with E-state index in [4.69, 9.17) is 4.74 Å². The highest BCUT2D eigenvalue weighted by Crippen LogP contribution is 2.09. The van der Waals surface area contributed by atoms with Gasteiger partial charge in [0.05, 0.1) is 12.0 Å². The van der Waals surface area contributed by atoms with Crippen LogP contribution in [0.3, 0.4) is 0 Å². The summed E-state index contributed by atoms with van der Waals surface area (Å²) in [5.41, 5.74) is 0. The standard InChI is InChI=1S/C12H24N2O2.ClH/c1-10(2)16-8-4-7-14-12(15)11-5-3-6-13-9-11;/h10-11,13H,3-9H2,1-2H3,(H,14,15);1H. The second-order valence-corrected chi connectivity index (χ2v) is 4.61. The third-order valence-corrected chi connectivity index (χ3v) is 2.74. The molecule has 0 aromatic rings. The lowest BCUT2D eigenvalue weighted by Gasteiger charge is -2.21. The summed E-state index contributed by atoms with van der Waals surface area (Å²) in [7, 11) is 0. The molecule has 1 heterocycles. The minimum absolute atomic E-state index is 0. The Hall–Kier alpha value is -0.320. The summed E-state index contributed by atoms with van der Waals surface area (Å²) in [5, 5.41) is 6.21. The van der Waals surface area contributed by atoms with E-state index in [1.807, 2.05) is 13.8 Å². The zero-order chi connectivity index (χ0) is 11.8. The van der Waals surface area contributed by atoms with Gasteiger partial charge in [0, 0.05) is 19.7 Å². The van der Waals surface area contributed by atoms with E-state index in [9.17, 15) is 4.79 Å². The third-order valence-electron chi connectivity index (χ3n) is 2.74. The van der Waals surface area contributed by atoms with E-state index in [1.54, 1.807) is 0 Å². The summed E-state index contributed by atoms with van der Waals surface area (Å²) in [6.07, 6.45) is 3.29. The van der Waals surface area contributed by atoms with Crippen LogP contribution < -0.4 is 10.6 Å². The lowest BCUT2D eigenvalue weighted by Crippen LogP contribution is -2.40. The molecule has 2 N–H and O–H groups in total. The van der Waals surface area contributed by atoms with E-state index in [1.165, 1.54) is 0 Å². The van der Waals surface area contributed by atoms with Crippen LogP contribution in [0.25, 0.3) is 0 Å². The first kappa shape index (κ1) is 16.7. The van der Waals surface area contributed by atoms with Crippen molar-refractivity contribution < 1.29 is 9.53 Å². The summed E-state index contributed by atoms with van der Waals surface area (Å²) >= 11 is 0. The van der Waals surface area contributed by atoms with Gasteiger partial charge in [0.2, 0.25) is 5.91 Å². The molecule has 0 spiro atoms. The molecule has 0 aromatic carbocycles. The molecule has 4 nitrogen and oxygen atoms in total.